The van der Waals surface area contributed by atoms with Crippen LogP contribution in [0.5, 0.6) is 0 Å². The molecule has 0 saturated heterocycles. The van der Waals surface area contributed by atoms with E-state index < -0.39 is 32.4 Å². The summed E-state index contributed by atoms with van der Waals surface area (Å²) in [4.78, 5) is 22.4. The summed E-state index contributed by atoms with van der Waals surface area (Å²) in [6.45, 7) is 0. The van der Waals surface area contributed by atoms with Crippen molar-refractivity contribution in [3.05, 3.63) is 157 Å². The van der Waals surface area contributed by atoms with Crippen molar-refractivity contribution in [3.63, 3.8) is 0 Å². The van der Waals surface area contributed by atoms with Crippen molar-refractivity contribution in [1.82, 2.24) is 0 Å². The number of benzene rings is 4. The molecule has 0 atom stereocenters. The Balaban J connectivity index is 0.000000289. The van der Waals surface area contributed by atoms with Gasteiger partial charge in [0.25, 0.3) is 0 Å². The maximum Gasteiger partial charge on any atom is 2.00 e. The van der Waals surface area contributed by atoms with E-state index in [1.165, 1.54) is 24.3 Å². The fourth-order valence-corrected chi connectivity index (χ4v) is 4.22. The van der Waals surface area contributed by atoms with Crippen LogP contribution >= 0.6 is 0 Å². The second-order valence-electron chi connectivity index (χ2n) is 9.94. The molecule has 268 valence electrons. The van der Waals surface area contributed by atoms with Gasteiger partial charge in [-0.05, 0) is 48.5 Å². The SMILES string of the molecule is O=C([O-])c1cc(-c2ccccc2)[o+]c(-c2ccccc2)c1.O=C([O-])c1cc(-c2ccccc2)[o+]c(-c2ccccc2)c1.[Mg+2].[O-][Cl+3]([O-])([O-])[O-].[O-][Cl+3]([O-])([O-])[O-]. The fourth-order valence-electron chi connectivity index (χ4n) is 4.22. The summed E-state index contributed by atoms with van der Waals surface area (Å²) in [6.07, 6.45) is 0. The Bertz CT molecular complexity index is 1750. The molecule has 53 heavy (non-hydrogen) atoms. The zero-order chi connectivity index (χ0) is 38.3. The molecule has 0 bridgehead atoms. The van der Waals surface area contributed by atoms with Gasteiger partial charge >= 0.3 is 46.1 Å². The van der Waals surface area contributed by atoms with E-state index in [-0.39, 0.29) is 34.2 Å². The van der Waals surface area contributed by atoms with E-state index >= 15 is 0 Å². The van der Waals surface area contributed by atoms with Gasteiger partial charge in [0.1, 0.15) is 0 Å². The second-order valence-corrected chi connectivity index (χ2v) is 11.5. The number of hydrogen-bond donors (Lipinski definition) is 0. The second kappa shape index (κ2) is 21.0. The summed E-state index contributed by atoms with van der Waals surface area (Å²) in [5.74, 6) is -0.458. The number of carboxylic acid groups (broad SMARTS) is 2. The van der Waals surface area contributed by atoms with Gasteiger partial charge in [-0.25, -0.2) is 46.1 Å². The van der Waals surface area contributed by atoms with E-state index in [0.717, 1.165) is 22.3 Å². The van der Waals surface area contributed by atoms with Crippen LogP contribution in [0.3, 0.4) is 0 Å². The van der Waals surface area contributed by atoms with E-state index in [9.17, 15) is 19.8 Å². The topological polar surface area (TPSA) is 287 Å². The molecular formula is C36H24Cl2MgO14. The number of hydrogen-bond acceptors (Lipinski definition) is 12. The summed E-state index contributed by atoms with van der Waals surface area (Å²) in [6, 6.07) is 43.4. The molecule has 6 aromatic rings. The van der Waals surface area contributed by atoms with Crippen molar-refractivity contribution >= 4 is 35.0 Å². The smallest absolute Gasteiger partial charge is 0.545 e. The van der Waals surface area contributed by atoms with E-state index in [1.807, 2.05) is 121 Å². The summed E-state index contributed by atoms with van der Waals surface area (Å²) < 4.78 is 79.6. The molecule has 4 aromatic carbocycles. The minimum absolute atomic E-state index is 0. The van der Waals surface area contributed by atoms with Crippen molar-refractivity contribution in [1.29, 1.82) is 0 Å². The van der Waals surface area contributed by atoms with Crippen LogP contribution in [0.2, 0.25) is 0 Å². The maximum absolute atomic E-state index is 11.2. The first-order valence-corrected chi connectivity index (χ1v) is 16.8. The minimum Gasteiger partial charge on any atom is -0.545 e. The monoisotopic (exact) mass is 774 g/mol. The van der Waals surface area contributed by atoms with Gasteiger partial charge in [-0.2, -0.15) is 0 Å². The molecule has 0 N–H and O–H groups in total. The van der Waals surface area contributed by atoms with Crippen molar-refractivity contribution in [3.8, 4) is 45.3 Å². The molecule has 2 aromatic heterocycles. The third-order valence-electron chi connectivity index (χ3n) is 6.29. The Morgan fingerprint density at radius 3 is 0.698 bits per heavy atom. The van der Waals surface area contributed by atoms with Crippen molar-refractivity contribution < 1.29 is 86.4 Å². The van der Waals surface area contributed by atoms with Gasteiger partial charge in [-0.1, -0.05) is 72.8 Å². The summed E-state index contributed by atoms with van der Waals surface area (Å²) in [5, 5.41) is 22.4. The predicted octanol–water partition coefficient (Wildman–Crippen LogP) is -3.38. The van der Waals surface area contributed by atoms with Crippen LogP contribution in [-0.2, 0) is 0 Å². The molecule has 17 heteroatoms. The first-order valence-electron chi connectivity index (χ1n) is 14.3. The standard InChI is InChI=1S/2C18H12O3.2ClHO4.Mg/c2*19-18(20)15-11-16(13-7-3-1-4-8-13)21-17(12-15)14-9-5-2-6-10-14;2*2-1(3,4)5;/h2*1-12H;2*(H,2,3,4,5);/q;;;;+2/p-2. The first kappa shape index (κ1) is 44.3. The molecule has 0 unspecified atom stereocenters. The first-order chi connectivity index (χ1) is 24.5. The van der Waals surface area contributed by atoms with Gasteiger partial charge in [-0.3, -0.25) is 0 Å². The molecule has 2 heterocycles. The molecule has 0 saturated carbocycles. The number of halogens is 2. The van der Waals surface area contributed by atoms with Crippen molar-refractivity contribution in [2.45, 2.75) is 0 Å². The Labute approximate surface area is 322 Å². The molecule has 0 aliphatic rings. The summed E-state index contributed by atoms with van der Waals surface area (Å²) in [5.41, 5.74) is 3.46. The zero-order valence-electron chi connectivity index (χ0n) is 27.0. The molecule has 0 aliphatic carbocycles. The molecule has 0 aliphatic heterocycles. The summed E-state index contributed by atoms with van der Waals surface area (Å²) >= 11 is 0. The fraction of sp³-hybridized carbons (Fsp3) is 0. The number of rotatable bonds is 6. The molecule has 0 amide bonds. The van der Waals surface area contributed by atoms with Gasteiger partial charge < -0.3 is 19.8 Å². The summed E-state index contributed by atoms with van der Waals surface area (Å²) in [7, 11) is -9.89. The Morgan fingerprint density at radius 1 is 0.377 bits per heavy atom. The predicted molar refractivity (Wildman–Crippen MR) is 162 cm³/mol. The average molecular weight is 776 g/mol. The van der Waals surface area contributed by atoms with Crippen molar-refractivity contribution in [2.24, 2.45) is 0 Å². The van der Waals surface area contributed by atoms with E-state index in [4.69, 9.17) is 46.1 Å². The molecule has 14 nitrogen and oxygen atoms in total. The Morgan fingerprint density at radius 2 is 0.547 bits per heavy atom. The van der Waals surface area contributed by atoms with Gasteiger partial charge in [0.2, 0.25) is 0 Å². The van der Waals surface area contributed by atoms with E-state index in [0.29, 0.717) is 23.0 Å². The van der Waals surface area contributed by atoms with E-state index in [2.05, 4.69) is 0 Å². The average Bonchev–Trinajstić information content (AvgIpc) is 3.11. The van der Waals surface area contributed by atoms with Gasteiger partial charge in [0.05, 0.1) is 58.5 Å². The molecule has 0 radical (unpaired) electrons. The van der Waals surface area contributed by atoms with Crippen LogP contribution in [0.15, 0.2) is 154 Å². The quantitative estimate of drug-likeness (QED) is 0.118. The van der Waals surface area contributed by atoms with Crippen LogP contribution in [0, 0.1) is 20.5 Å². The maximum atomic E-state index is 11.2. The molecule has 0 spiro atoms. The number of aromatic carboxylic acids is 2. The molecular weight excluding hydrogens is 752 g/mol. The molecule has 0 fully saturated rings. The van der Waals surface area contributed by atoms with Crippen LogP contribution in [0.1, 0.15) is 20.7 Å². The minimum atomic E-state index is -4.94. The molecule has 6 rings (SSSR count). The normalized spacial score (nSPS) is 10.4. The Hall–Kier alpha value is -4.85. The number of carbonyl (C=O) groups excluding carboxylic acids is 2. The zero-order valence-corrected chi connectivity index (χ0v) is 30.0. The van der Waals surface area contributed by atoms with E-state index in [1.54, 1.807) is 0 Å². The van der Waals surface area contributed by atoms with Crippen LogP contribution < -0.4 is 47.5 Å². The van der Waals surface area contributed by atoms with Crippen LogP contribution in [0.4, 0.5) is 0 Å². The van der Waals surface area contributed by atoms with Crippen LogP contribution in [-0.4, -0.2) is 35.0 Å². The number of carboxylic acids is 2. The van der Waals surface area contributed by atoms with Crippen LogP contribution in [0.25, 0.3) is 45.3 Å². The van der Waals surface area contributed by atoms with Crippen molar-refractivity contribution in [2.75, 3.05) is 0 Å². The third-order valence-corrected chi connectivity index (χ3v) is 6.29. The third kappa shape index (κ3) is 17.0. The Kier molecular flexibility index (Phi) is 17.6. The van der Waals surface area contributed by atoms with Gasteiger partial charge in [-0.15, -0.1) is 20.5 Å². The van der Waals surface area contributed by atoms with Gasteiger partial charge in [0.15, 0.2) is 0 Å². The number of carbonyl (C=O) groups is 2. The van der Waals surface area contributed by atoms with Gasteiger partial charge in [0, 0.05) is 11.1 Å². The largest absolute Gasteiger partial charge is 2.00 e.